The highest BCUT2D eigenvalue weighted by Crippen LogP contribution is 2.31. The third-order valence-electron chi connectivity index (χ3n) is 4.63. The van der Waals surface area contributed by atoms with Gasteiger partial charge in [0.25, 0.3) is 0 Å². The van der Waals surface area contributed by atoms with Crippen LogP contribution in [-0.2, 0) is 6.54 Å². The van der Waals surface area contributed by atoms with Crippen LogP contribution in [0.3, 0.4) is 0 Å². The molecule has 0 saturated heterocycles. The molecule has 1 heterocycles. The molecule has 0 amide bonds. The fourth-order valence-electron chi connectivity index (χ4n) is 3.11. The number of nitrogens with zero attached hydrogens (tertiary/aromatic N) is 1. The number of methoxy groups -OCH3 is 2. The highest BCUT2D eigenvalue weighted by Gasteiger charge is 2.10. The number of nitrogens with two attached hydrogens (primary N) is 1. The van der Waals surface area contributed by atoms with Crippen molar-refractivity contribution in [2.75, 3.05) is 14.2 Å². The maximum absolute atomic E-state index is 5.82. The van der Waals surface area contributed by atoms with Gasteiger partial charge in [-0.2, -0.15) is 0 Å². The van der Waals surface area contributed by atoms with E-state index >= 15 is 0 Å². The Balaban J connectivity index is 1.97. The van der Waals surface area contributed by atoms with Gasteiger partial charge in [0.05, 0.1) is 14.2 Å². The Labute approximate surface area is 160 Å². The van der Waals surface area contributed by atoms with Gasteiger partial charge in [-0.05, 0) is 41.3 Å². The van der Waals surface area contributed by atoms with E-state index in [0.29, 0.717) is 6.54 Å². The molecular formula is C23H24N2O2. The molecule has 27 heavy (non-hydrogen) atoms. The Bertz CT molecular complexity index is 925. The van der Waals surface area contributed by atoms with Gasteiger partial charge in [0, 0.05) is 30.1 Å². The zero-order valence-electron chi connectivity index (χ0n) is 15.9. The first-order valence-corrected chi connectivity index (χ1v) is 8.81. The molecule has 138 valence electrons. The number of benzene rings is 2. The van der Waals surface area contributed by atoms with Crippen molar-refractivity contribution in [3.05, 3.63) is 77.1 Å². The van der Waals surface area contributed by atoms with Crippen molar-refractivity contribution in [1.82, 2.24) is 4.98 Å². The summed E-state index contributed by atoms with van der Waals surface area (Å²) in [5.41, 5.74) is 12.2. The third-order valence-corrected chi connectivity index (χ3v) is 4.63. The summed E-state index contributed by atoms with van der Waals surface area (Å²) >= 11 is 0. The molecular weight excluding hydrogens is 336 g/mol. The number of hydrogen-bond acceptors (Lipinski definition) is 4. The predicted molar refractivity (Wildman–Crippen MR) is 111 cm³/mol. The van der Waals surface area contributed by atoms with Gasteiger partial charge in [0.15, 0.2) is 0 Å². The highest BCUT2D eigenvalue weighted by molar-refractivity contribution is 5.77. The predicted octanol–water partition coefficient (Wildman–Crippen LogP) is 4.70. The van der Waals surface area contributed by atoms with Crippen LogP contribution < -0.4 is 15.2 Å². The Hall–Kier alpha value is -3.11. The molecule has 2 aromatic carbocycles. The van der Waals surface area contributed by atoms with Crippen molar-refractivity contribution in [1.29, 1.82) is 0 Å². The summed E-state index contributed by atoms with van der Waals surface area (Å²) in [4.78, 5) is 4.41. The molecule has 0 bridgehead atoms. The topological polar surface area (TPSA) is 57.4 Å². The summed E-state index contributed by atoms with van der Waals surface area (Å²) in [6.07, 6.45) is 7.88. The first-order valence-electron chi connectivity index (χ1n) is 8.81. The van der Waals surface area contributed by atoms with Gasteiger partial charge >= 0.3 is 0 Å². The Morgan fingerprint density at radius 3 is 2.22 bits per heavy atom. The van der Waals surface area contributed by atoms with Crippen molar-refractivity contribution in [2.24, 2.45) is 5.73 Å². The van der Waals surface area contributed by atoms with Crippen LogP contribution in [0.5, 0.6) is 11.5 Å². The first kappa shape index (κ1) is 18.7. The second-order valence-electron chi connectivity index (χ2n) is 6.21. The average molecular weight is 360 g/mol. The molecule has 0 aliphatic heterocycles. The summed E-state index contributed by atoms with van der Waals surface area (Å²) in [6, 6.07) is 14.2. The lowest BCUT2D eigenvalue weighted by Crippen LogP contribution is -2.03. The van der Waals surface area contributed by atoms with Gasteiger partial charge in [-0.3, -0.25) is 4.98 Å². The highest BCUT2D eigenvalue weighted by atomic mass is 16.5. The van der Waals surface area contributed by atoms with E-state index in [4.69, 9.17) is 15.2 Å². The molecule has 1 aromatic heterocycles. The summed E-state index contributed by atoms with van der Waals surface area (Å²) in [6.45, 7) is 2.47. The molecule has 3 rings (SSSR count). The minimum absolute atomic E-state index is 0.360. The molecule has 0 saturated carbocycles. The van der Waals surface area contributed by atoms with Crippen LogP contribution in [0, 0.1) is 6.92 Å². The van der Waals surface area contributed by atoms with Crippen LogP contribution in [0.25, 0.3) is 23.3 Å². The minimum atomic E-state index is 0.360. The fourth-order valence-corrected chi connectivity index (χ4v) is 3.11. The smallest absolute Gasteiger partial charge is 0.127 e. The second kappa shape index (κ2) is 8.52. The monoisotopic (exact) mass is 360 g/mol. The van der Waals surface area contributed by atoms with Gasteiger partial charge in [-0.1, -0.05) is 42.5 Å². The number of hydrogen-bond donors (Lipinski definition) is 1. The molecule has 0 spiro atoms. The van der Waals surface area contributed by atoms with Crippen molar-refractivity contribution < 1.29 is 9.47 Å². The van der Waals surface area contributed by atoms with Gasteiger partial charge in [0.2, 0.25) is 0 Å². The number of ether oxygens (including phenoxy) is 2. The van der Waals surface area contributed by atoms with Crippen LogP contribution >= 0.6 is 0 Å². The van der Waals surface area contributed by atoms with E-state index in [1.165, 1.54) is 5.56 Å². The van der Waals surface area contributed by atoms with Crippen molar-refractivity contribution in [3.63, 3.8) is 0 Å². The van der Waals surface area contributed by atoms with Crippen LogP contribution in [0.4, 0.5) is 0 Å². The van der Waals surface area contributed by atoms with E-state index in [1.54, 1.807) is 14.2 Å². The maximum Gasteiger partial charge on any atom is 0.127 e. The van der Waals surface area contributed by atoms with E-state index in [9.17, 15) is 0 Å². The summed E-state index contributed by atoms with van der Waals surface area (Å²) < 4.78 is 10.9. The van der Waals surface area contributed by atoms with E-state index in [2.05, 4.69) is 30.1 Å². The summed E-state index contributed by atoms with van der Waals surface area (Å²) in [5, 5.41) is 0. The zero-order chi connectivity index (χ0) is 19.2. The maximum atomic E-state index is 5.82. The van der Waals surface area contributed by atoms with E-state index < -0.39 is 0 Å². The van der Waals surface area contributed by atoms with Crippen LogP contribution in [0.1, 0.15) is 22.3 Å². The molecule has 0 fully saturated rings. The van der Waals surface area contributed by atoms with E-state index in [1.807, 2.05) is 48.8 Å². The molecule has 0 radical (unpaired) electrons. The Kier molecular flexibility index (Phi) is 5.89. The van der Waals surface area contributed by atoms with Crippen molar-refractivity contribution >= 4 is 12.2 Å². The fraction of sp³-hybridized carbons (Fsp3) is 0.174. The summed E-state index contributed by atoms with van der Waals surface area (Å²) in [7, 11) is 3.28. The van der Waals surface area contributed by atoms with E-state index in [0.717, 1.165) is 39.3 Å². The summed E-state index contributed by atoms with van der Waals surface area (Å²) in [5.74, 6) is 1.45. The quantitative estimate of drug-likeness (QED) is 0.692. The SMILES string of the molecule is COc1cc(/C=C/c2cncc(-c3ccccc3)c2C)cc(OC)c1CN. The first-order chi connectivity index (χ1) is 13.2. The van der Waals surface area contributed by atoms with Crippen LogP contribution in [0.2, 0.25) is 0 Å². The van der Waals surface area contributed by atoms with Gasteiger partial charge in [0.1, 0.15) is 11.5 Å². The number of rotatable bonds is 6. The number of aromatic nitrogens is 1. The van der Waals surface area contributed by atoms with E-state index in [-0.39, 0.29) is 0 Å². The van der Waals surface area contributed by atoms with Gasteiger partial charge in [-0.25, -0.2) is 0 Å². The number of pyridine rings is 1. The largest absolute Gasteiger partial charge is 0.496 e. The van der Waals surface area contributed by atoms with Gasteiger partial charge < -0.3 is 15.2 Å². The van der Waals surface area contributed by atoms with Crippen LogP contribution in [-0.4, -0.2) is 19.2 Å². The van der Waals surface area contributed by atoms with Crippen molar-refractivity contribution in [2.45, 2.75) is 13.5 Å². The normalized spacial score (nSPS) is 11.0. The van der Waals surface area contributed by atoms with Gasteiger partial charge in [-0.15, -0.1) is 0 Å². The van der Waals surface area contributed by atoms with Crippen LogP contribution in [0.15, 0.2) is 54.9 Å². The standard InChI is InChI=1S/C23H24N2O2/c1-16-19(14-25-15-21(16)18-7-5-4-6-8-18)10-9-17-11-22(26-2)20(13-24)23(12-17)27-3/h4-12,14-15H,13,24H2,1-3H3/b10-9+. The molecule has 0 atom stereocenters. The van der Waals surface area contributed by atoms with Crippen molar-refractivity contribution in [3.8, 4) is 22.6 Å². The lowest BCUT2D eigenvalue weighted by molar-refractivity contribution is 0.385. The lowest BCUT2D eigenvalue weighted by Gasteiger charge is -2.13. The molecule has 0 unspecified atom stereocenters. The average Bonchev–Trinajstić information content (AvgIpc) is 2.72. The third kappa shape index (κ3) is 4.01. The molecule has 0 aliphatic rings. The molecule has 4 nitrogen and oxygen atoms in total. The lowest BCUT2D eigenvalue weighted by atomic mass is 9.98. The Morgan fingerprint density at radius 2 is 1.63 bits per heavy atom. The minimum Gasteiger partial charge on any atom is -0.496 e. The molecule has 4 heteroatoms. The second-order valence-corrected chi connectivity index (χ2v) is 6.21. The molecule has 0 aliphatic carbocycles. The molecule has 2 N–H and O–H groups in total. The Morgan fingerprint density at radius 1 is 0.963 bits per heavy atom. The molecule has 3 aromatic rings. The zero-order valence-corrected chi connectivity index (χ0v) is 15.9.